The van der Waals surface area contributed by atoms with Crippen LogP contribution in [0.4, 0.5) is 5.69 Å². The number of rotatable bonds is 3. The van der Waals surface area contributed by atoms with Crippen LogP contribution in [0.15, 0.2) is 71.8 Å². The van der Waals surface area contributed by atoms with Crippen molar-refractivity contribution in [2.24, 2.45) is 0 Å². The number of hydrogen-bond donors (Lipinski definition) is 0. The van der Waals surface area contributed by atoms with Gasteiger partial charge in [0.1, 0.15) is 0 Å². The molecular weight excluding hydrogens is 278 g/mol. The number of allylic oxidation sites excluding steroid dienone is 1. The minimum absolute atomic E-state index is 0.0635. The van der Waals surface area contributed by atoms with E-state index >= 15 is 0 Å². The topological polar surface area (TPSA) is 20.3 Å². The molecule has 0 aliphatic carbocycles. The standard InChI is InChI=1S/C18H17NOS/c1-21-18-13-16(20)12-17(14-8-4-2-5-9-14)19(18)15-10-6-3-7-11-15/h2-11,13,17H,12H2,1H3/t17-/m1/s1. The molecule has 106 valence electrons. The summed E-state index contributed by atoms with van der Waals surface area (Å²) in [6.45, 7) is 0. The average Bonchev–Trinajstić information content (AvgIpc) is 2.55. The SMILES string of the molecule is CSC1=CC(=O)C[C@H](c2ccccc2)N1c1ccccc1. The number of ketones is 1. The van der Waals surface area contributed by atoms with Crippen molar-refractivity contribution >= 4 is 23.2 Å². The summed E-state index contributed by atoms with van der Waals surface area (Å²) in [5.41, 5.74) is 2.30. The maximum absolute atomic E-state index is 12.1. The van der Waals surface area contributed by atoms with Crippen LogP contribution in [-0.4, -0.2) is 12.0 Å². The number of hydrogen-bond acceptors (Lipinski definition) is 3. The molecule has 0 unspecified atom stereocenters. The molecule has 2 nitrogen and oxygen atoms in total. The van der Waals surface area contributed by atoms with Gasteiger partial charge in [-0.25, -0.2) is 0 Å². The normalized spacial score (nSPS) is 18.5. The summed E-state index contributed by atoms with van der Waals surface area (Å²) in [7, 11) is 0. The van der Waals surface area contributed by atoms with Gasteiger partial charge in [-0.1, -0.05) is 48.5 Å². The summed E-state index contributed by atoms with van der Waals surface area (Å²) in [5.74, 6) is 0.195. The number of thioether (sulfide) groups is 1. The van der Waals surface area contributed by atoms with Gasteiger partial charge in [0.05, 0.1) is 11.1 Å². The van der Waals surface area contributed by atoms with Crippen molar-refractivity contribution in [1.82, 2.24) is 0 Å². The second-order valence-electron chi connectivity index (χ2n) is 4.99. The number of nitrogens with zero attached hydrogens (tertiary/aromatic N) is 1. The first kappa shape index (κ1) is 14.0. The number of carbonyl (C=O) groups excluding carboxylic acids is 1. The first-order valence-electron chi connectivity index (χ1n) is 6.97. The van der Waals surface area contributed by atoms with Crippen molar-refractivity contribution in [3.63, 3.8) is 0 Å². The van der Waals surface area contributed by atoms with Crippen LogP contribution in [-0.2, 0) is 4.79 Å². The third-order valence-corrected chi connectivity index (χ3v) is 4.39. The fourth-order valence-electron chi connectivity index (χ4n) is 2.70. The Morgan fingerprint density at radius 1 is 1.00 bits per heavy atom. The van der Waals surface area contributed by atoms with E-state index in [1.165, 1.54) is 5.56 Å². The van der Waals surface area contributed by atoms with Gasteiger partial charge < -0.3 is 4.90 Å². The number of anilines is 1. The first-order valence-corrected chi connectivity index (χ1v) is 8.20. The number of benzene rings is 2. The maximum Gasteiger partial charge on any atom is 0.160 e. The van der Waals surface area contributed by atoms with Crippen molar-refractivity contribution in [2.45, 2.75) is 12.5 Å². The quantitative estimate of drug-likeness (QED) is 0.836. The Balaban J connectivity index is 2.08. The van der Waals surface area contributed by atoms with Crippen LogP contribution in [0.5, 0.6) is 0 Å². The third kappa shape index (κ3) is 2.88. The summed E-state index contributed by atoms with van der Waals surface area (Å²) in [4.78, 5) is 14.3. The van der Waals surface area contributed by atoms with Gasteiger partial charge in [-0.2, -0.15) is 0 Å². The second-order valence-corrected chi connectivity index (χ2v) is 5.82. The van der Waals surface area contributed by atoms with Crippen LogP contribution in [0.25, 0.3) is 0 Å². The van der Waals surface area contributed by atoms with Crippen LogP contribution in [0.1, 0.15) is 18.0 Å². The predicted molar refractivity (Wildman–Crippen MR) is 89.3 cm³/mol. The van der Waals surface area contributed by atoms with Crippen LogP contribution in [0.2, 0.25) is 0 Å². The van der Waals surface area contributed by atoms with E-state index in [1.807, 2.05) is 42.7 Å². The van der Waals surface area contributed by atoms with Crippen LogP contribution in [0, 0.1) is 0 Å². The minimum atomic E-state index is 0.0635. The Hall–Kier alpha value is -2.00. The minimum Gasteiger partial charge on any atom is -0.328 e. The molecule has 0 spiro atoms. The molecule has 0 aromatic heterocycles. The molecule has 1 aliphatic rings. The zero-order valence-electron chi connectivity index (χ0n) is 11.9. The molecule has 0 N–H and O–H groups in total. The van der Waals surface area contributed by atoms with E-state index in [0.29, 0.717) is 6.42 Å². The van der Waals surface area contributed by atoms with Crippen molar-refractivity contribution in [2.75, 3.05) is 11.2 Å². The highest BCUT2D eigenvalue weighted by Crippen LogP contribution is 2.39. The number of carbonyl (C=O) groups is 1. The number of para-hydroxylation sites is 1. The smallest absolute Gasteiger partial charge is 0.160 e. The molecular formula is C18H17NOS. The highest BCUT2D eigenvalue weighted by atomic mass is 32.2. The summed E-state index contributed by atoms with van der Waals surface area (Å²) in [6, 6.07) is 20.6. The van der Waals surface area contributed by atoms with Crippen LogP contribution >= 0.6 is 11.8 Å². The lowest BCUT2D eigenvalue weighted by atomic mass is 9.96. The summed E-state index contributed by atoms with van der Waals surface area (Å²) >= 11 is 1.62. The molecule has 1 atom stereocenters. The van der Waals surface area contributed by atoms with E-state index in [0.717, 1.165) is 10.7 Å². The zero-order valence-corrected chi connectivity index (χ0v) is 12.7. The van der Waals surface area contributed by atoms with Gasteiger partial charge in [-0.05, 0) is 24.0 Å². The zero-order chi connectivity index (χ0) is 14.7. The monoisotopic (exact) mass is 295 g/mol. The fraction of sp³-hybridized carbons (Fsp3) is 0.167. The van der Waals surface area contributed by atoms with Gasteiger partial charge in [-0.3, -0.25) is 4.79 Å². The van der Waals surface area contributed by atoms with Gasteiger partial charge in [0, 0.05) is 18.2 Å². The Labute approximate surface area is 129 Å². The Bertz CT molecular complexity index is 651. The Morgan fingerprint density at radius 3 is 2.24 bits per heavy atom. The molecule has 0 fully saturated rings. The Kier molecular flexibility index (Phi) is 4.11. The molecule has 0 amide bonds. The van der Waals surface area contributed by atoms with Crippen LogP contribution in [0.3, 0.4) is 0 Å². The third-order valence-electron chi connectivity index (χ3n) is 3.66. The van der Waals surface area contributed by atoms with Gasteiger partial charge >= 0.3 is 0 Å². The summed E-state index contributed by atoms with van der Waals surface area (Å²) in [6.07, 6.45) is 4.29. The van der Waals surface area contributed by atoms with Crippen molar-refractivity contribution in [3.8, 4) is 0 Å². The molecule has 0 radical (unpaired) electrons. The molecule has 3 rings (SSSR count). The lowest BCUT2D eigenvalue weighted by molar-refractivity contribution is -0.115. The van der Waals surface area contributed by atoms with E-state index in [1.54, 1.807) is 17.8 Å². The van der Waals surface area contributed by atoms with Crippen molar-refractivity contribution < 1.29 is 4.79 Å². The van der Waals surface area contributed by atoms with Gasteiger partial charge in [-0.15, -0.1) is 11.8 Å². The van der Waals surface area contributed by atoms with E-state index < -0.39 is 0 Å². The molecule has 1 aliphatic heterocycles. The molecule has 2 aromatic carbocycles. The largest absolute Gasteiger partial charge is 0.328 e. The first-order chi connectivity index (χ1) is 10.3. The van der Waals surface area contributed by atoms with E-state index in [4.69, 9.17) is 0 Å². The summed E-state index contributed by atoms with van der Waals surface area (Å²) in [5, 5.41) is 1.01. The molecule has 0 bridgehead atoms. The van der Waals surface area contributed by atoms with Crippen molar-refractivity contribution in [1.29, 1.82) is 0 Å². The highest BCUT2D eigenvalue weighted by Gasteiger charge is 2.30. The molecule has 0 saturated carbocycles. The van der Waals surface area contributed by atoms with Crippen LogP contribution < -0.4 is 4.90 Å². The fourth-order valence-corrected chi connectivity index (χ4v) is 3.38. The highest BCUT2D eigenvalue weighted by molar-refractivity contribution is 8.02. The van der Waals surface area contributed by atoms with Gasteiger partial charge in [0.15, 0.2) is 5.78 Å². The lowest BCUT2D eigenvalue weighted by Crippen LogP contribution is -2.32. The molecule has 3 heteroatoms. The predicted octanol–water partition coefficient (Wildman–Crippen LogP) is 4.41. The average molecular weight is 295 g/mol. The van der Waals surface area contributed by atoms with Crippen molar-refractivity contribution in [3.05, 3.63) is 77.3 Å². The van der Waals surface area contributed by atoms with Gasteiger partial charge in [0.25, 0.3) is 0 Å². The molecule has 0 saturated heterocycles. The van der Waals surface area contributed by atoms with Gasteiger partial charge in [0.2, 0.25) is 0 Å². The molecule has 1 heterocycles. The van der Waals surface area contributed by atoms with E-state index in [9.17, 15) is 4.79 Å². The Morgan fingerprint density at radius 2 is 1.62 bits per heavy atom. The second kappa shape index (κ2) is 6.19. The van der Waals surface area contributed by atoms with E-state index in [-0.39, 0.29) is 11.8 Å². The maximum atomic E-state index is 12.1. The molecule has 2 aromatic rings. The summed E-state index contributed by atoms with van der Waals surface area (Å²) < 4.78 is 0. The van der Waals surface area contributed by atoms with E-state index in [2.05, 4.69) is 29.2 Å². The molecule has 21 heavy (non-hydrogen) atoms. The lowest BCUT2D eigenvalue weighted by Gasteiger charge is -2.37.